The van der Waals surface area contributed by atoms with Gasteiger partial charge in [0.05, 0.1) is 12.5 Å². The predicted molar refractivity (Wildman–Crippen MR) is 78.1 cm³/mol. The number of ether oxygens (including phenoxy) is 1. The van der Waals surface area contributed by atoms with Crippen molar-refractivity contribution in [2.24, 2.45) is 11.8 Å². The topological polar surface area (TPSA) is 41.6 Å². The first kappa shape index (κ1) is 16.4. The lowest BCUT2D eigenvalue weighted by atomic mass is 9.96. The molecule has 1 aliphatic heterocycles. The molecule has 1 aliphatic rings. The maximum atomic E-state index is 11.7. The number of piperidine rings is 1. The largest absolute Gasteiger partial charge is 0.466 e. The molecule has 1 N–H and O–H groups in total. The highest BCUT2D eigenvalue weighted by Crippen LogP contribution is 2.19. The smallest absolute Gasteiger partial charge is 0.309 e. The molecular formula is C15H30N2O2. The Morgan fingerprint density at radius 3 is 2.47 bits per heavy atom. The molecule has 1 unspecified atom stereocenters. The van der Waals surface area contributed by atoms with Gasteiger partial charge in [-0.25, -0.2) is 0 Å². The molecule has 0 aliphatic carbocycles. The summed E-state index contributed by atoms with van der Waals surface area (Å²) in [7, 11) is 0. The van der Waals surface area contributed by atoms with Crippen molar-refractivity contribution in [2.75, 3.05) is 32.8 Å². The van der Waals surface area contributed by atoms with Crippen molar-refractivity contribution < 1.29 is 9.53 Å². The van der Waals surface area contributed by atoms with Crippen LogP contribution in [0.3, 0.4) is 0 Å². The average molecular weight is 270 g/mol. The Labute approximate surface area is 117 Å². The molecule has 0 radical (unpaired) electrons. The van der Waals surface area contributed by atoms with Crippen LogP contribution in [-0.4, -0.2) is 49.7 Å². The fourth-order valence-electron chi connectivity index (χ4n) is 2.55. The van der Waals surface area contributed by atoms with Gasteiger partial charge in [0.25, 0.3) is 0 Å². The normalized spacial score (nSPS) is 19.6. The van der Waals surface area contributed by atoms with Crippen LogP contribution in [0, 0.1) is 11.8 Å². The predicted octanol–water partition coefficient (Wildman–Crippen LogP) is 1.90. The van der Waals surface area contributed by atoms with E-state index in [1.807, 2.05) is 6.92 Å². The van der Waals surface area contributed by atoms with E-state index >= 15 is 0 Å². The third kappa shape index (κ3) is 6.39. The molecule has 0 aromatic carbocycles. The summed E-state index contributed by atoms with van der Waals surface area (Å²) in [6.45, 7) is 13.2. The van der Waals surface area contributed by atoms with E-state index in [9.17, 15) is 4.79 Å². The third-order valence-electron chi connectivity index (χ3n) is 3.65. The maximum absolute atomic E-state index is 11.7. The van der Waals surface area contributed by atoms with Gasteiger partial charge in [0.2, 0.25) is 0 Å². The van der Waals surface area contributed by atoms with Gasteiger partial charge < -0.3 is 15.0 Å². The van der Waals surface area contributed by atoms with Crippen LogP contribution in [0.5, 0.6) is 0 Å². The van der Waals surface area contributed by atoms with Crippen molar-refractivity contribution in [1.82, 2.24) is 10.2 Å². The highest BCUT2D eigenvalue weighted by atomic mass is 16.5. The number of likely N-dealkylation sites (tertiary alicyclic amines) is 1. The van der Waals surface area contributed by atoms with E-state index < -0.39 is 0 Å². The summed E-state index contributed by atoms with van der Waals surface area (Å²) in [5.74, 6) is 0.776. The molecule has 19 heavy (non-hydrogen) atoms. The highest BCUT2D eigenvalue weighted by molar-refractivity contribution is 5.72. The first-order chi connectivity index (χ1) is 9.02. The van der Waals surface area contributed by atoms with E-state index in [4.69, 9.17) is 4.74 Å². The van der Waals surface area contributed by atoms with Crippen LogP contribution in [0.1, 0.15) is 40.5 Å². The Morgan fingerprint density at radius 1 is 1.32 bits per heavy atom. The molecule has 112 valence electrons. The first-order valence-electron chi connectivity index (χ1n) is 7.65. The molecule has 1 saturated heterocycles. The summed E-state index contributed by atoms with van der Waals surface area (Å²) in [4.78, 5) is 14.1. The van der Waals surface area contributed by atoms with Crippen LogP contribution in [0.15, 0.2) is 0 Å². The first-order valence-corrected chi connectivity index (χ1v) is 7.65. The average Bonchev–Trinajstić information content (AvgIpc) is 2.37. The van der Waals surface area contributed by atoms with E-state index in [0.717, 1.165) is 39.0 Å². The van der Waals surface area contributed by atoms with E-state index in [-0.39, 0.29) is 11.9 Å². The molecule has 4 nitrogen and oxygen atoms in total. The lowest BCUT2D eigenvalue weighted by Crippen LogP contribution is -2.41. The standard InChI is InChI=1S/C15H30N2O2/c1-5-19-15(18)14-6-8-17(9-7-14)11-13(4)10-16-12(2)3/h12-14,16H,5-11H2,1-4H3. The Morgan fingerprint density at radius 2 is 1.95 bits per heavy atom. The molecule has 1 atom stereocenters. The van der Waals surface area contributed by atoms with Crippen molar-refractivity contribution in [3.63, 3.8) is 0 Å². The maximum Gasteiger partial charge on any atom is 0.309 e. The minimum Gasteiger partial charge on any atom is -0.466 e. The summed E-state index contributed by atoms with van der Waals surface area (Å²) in [5.41, 5.74) is 0. The van der Waals surface area contributed by atoms with Crippen LogP contribution in [-0.2, 0) is 9.53 Å². The third-order valence-corrected chi connectivity index (χ3v) is 3.65. The zero-order valence-electron chi connectivity index (χ0n) is 12.9. The van der Waals surface area contributed by atoms with Crippen LogP contribution in [0.2, 0.25) is 0 Å². The summed E-state index contributed by atoms with van der Waals surface area (Å²) < 4.78 is 5.10. The number of hydrogen-bond acceptors (Lipinski definition) is 4. The van der Waals surface area contributed by atoms with E-state index in [2.05, 4.69) is 31.0 Å². The number of carbonyl (C=O) groups excluding carboxylic acids is 1. The van der Waals surface area contributed by atoms with Gasteiger partial charge in [-0.2, -0.15) is 0 Å². The number of hydrogen-bond donors (Lipinski definition) is 1. The minimum atomic E-state index is -0.00308. The molecule has 0 spiro atoms. The monoisotopic (exact) mass is 270 g/mol. The molecule has 0 bridgehead atoms. The van der Waals surface area contributed by atoms with Crippen LogP contribution in [0.25, 0.3) is 0 Å². The lowest BCUT2D eigenvalue weighted by molar-refractivity contribution is -0.149. The Kier molecular flexibility index (Phi) is 7.39. The highest BCUT2D eigenvalue weighted by Gasteiger charge is 2.26. The summed E-state index contributed by atoms with van der Waals surface area (Å²) in [5, 5.41) is 3.48. The van der Waals surface area contributed by atoms with Gasteiger partial charge in [-0.1, -0.05) is 20.8 Å². The quantitative estimate of drug-likeness (QED) is 0.717. The zero-order valence-corrected chi connectivity index (χ0v) is 12.9. The molecule has 1 heterocycles. The van der Waals surface area contributed by atoms with Gasteiger partial charge in [0, 0.05) is 12.6 Å². The van der Waals surface area contributed by atoms with E-state index in [1.165, 1.54) is 0 Å². The van der Waals surface area contributed by atoms with Gasteiger partial charge in [0.1, 0.15) is 0 Å². The Bertz CT molecular complexity index is 261. The second-order valence-electron chi connectivity index (χ2n) is 6.00. The van der Waals surface area contributed by atoms with Crippen LogP contribution < -0.4 is 5.32 Å². The second kappa shape index (κ2) is 8.54. The molecular weight excluding hydrogens is 240 g/mol. The van der Waals surface area contributed by atoms with Gasteiger partial charge in [0.15, 0.2) is 0 Å². The van der Waals surface area contributed by atoms with Crippen molar-refractivity contribution in [3.8, 4) is 0 Å². The Balaban J connectivity index is 2.20. The van der Waals surface area contributed by atoms with Gasteiger partial charge >= 0.3 is 5.97 Å². The Hall–Kier alpha value is -0.610. The molecule has 1 fully saturated rings. The summed E-state index contributed by atoms with van der Waals surface area (Å²) in [6, 6.07) is 0.553. The lowest BCUT2D eigenvalue weighted by Gasteiger charge is -2.32. The molecule has 0 amide bonds. The molecule has 1 rings (SSSR count). The van der Waals surface area contributed by atoms with Crippen molar-refractivity contribution in [3.05, 3.63) is 0 Å². The SMILES string of the molecule is CCOC(=O)C1CCN(CC(C)CNC(C)C)CC1. The van der Waals surface area contributed by atoms with Crippen molar-refractivity contribution >= 4 is 5.97 Å². The van der Waals surface area contributed by atoms with Gasteiger partial charge in [-0.15, -0.1) is 0 Å². The number of nitrogens with zero attached hydrogens (tertiary/aromatic N) is 1. The van der Waals surface area contributed by atoms with Crippen LogP contribution >= 0.6 is 0 Å². The van der Waals surface area contributed by atoms with Crippen molar-refractivity contribution in [1.29, 1.82) is 0 Å². The number of carbonyl (C=O) groups is 1. The fourth-order valence-corrected chi connectivity index (χ4v) is 2.55. The fraction of sp³-hybridized carbons (Fsp3) is 0.933. The molecule has 0 saturated carbocycles. The van der Waals surface area contributed by atoms with Gasteiger partial charge in [-0.3, -0.25) is 4.79 Å². The number of rotatable bonds is 7. The molecule has 4 heteroatoms. The zero-order chi connectivity index (χ0) is 14.3. The molecule has 0 aromatic heterocycles. The van der Waals surface area contributed by atoms with Crippen molar-refractivity contribution in [2.45, 2.75) is 46.6 Å². The second-order valence-corrected chi connectivity index (χ2v) is 6.00. The molecule has 0 aromatic rings. The number of nitrogens with one attached hydrogen (secondary N) is 1. The van der Waals surface area contributed by atoms with Gasteiger partial charge in [-0.05, 0) is 45.3 Å². The summed E-state index contributed by atoms with van der Waals surface area (Å²) >= 11 is 0. The minimum absolute atomic E-state index is 0.00308. The van der Waals surface area contributed by atoms with E-state index in [0.29, 0.717) is 18.6 Å². The number of esters is 1. The van der Waals surface area contributed by atoms with Crippen LogP contribution in [0.4, 0.5) is 0 Å². The van der Waals surface area contributed by atoms with E-state index in [1.54, 1.807) is 0 Å². The summed E-state index contributed by atoms with van der Waals surface area (Å²) in [6.07, 6.45) is 1.90.